The van der Waals surface area contributed by atoms with Crippen LogP contribution in [0.5, 0.6) is 0 Å². The maximum atomic E-state index is 13.1. The molecule has 9 heteroatoms. The summed E-state index contributed by atoms with van der Waals surface area (Å²) < 4.78 is 0.914. The minimum atomic E-state index is -0.982. The van der Waals surface area contributed by atoms with Gasteiger partial charge in [-0.1, -0.05) is 60.5 Å². The Bertz CT molecular complexity index is 1310. The van der Waals surface area contributed by atoms with E-state index in [1.165, 1.54) is 17.4 Å². The first-order chi connectivity index (χ1) is 17.2. The van der Waals surface area contributed by atoms with Crippen LogP contribution < -0.4 is 5.32 Å². The summed E-state index contributed by atoms with van der Waals surface area (Å²) in [6.07, 6.45) is 3.46. The van der Waals surface area contributed by atoms with Gasteiger partial charge in [0.15, 0.2) is 0 Å². The number of halogens is 2. The van der Waals surface area contributed by atoms with Gasteiger partial charge in [-0.25, -0.2) is 0 Å². The number of carboxylic acids is 1. The first-order valence-corrected chi connectivity index (χ1v) is 13.3. The number of nitrogens with zero attached hydrogens (tertiary/aromatic N) is 1. The predicted molar refractivity (Wildman–Crippen MR) is 144 cm³/mol. The number of hydrogen-bond donors (Lipinski definition) is 2. The number of rotatable bonds is 7. The summed E-state index contributed by atoms with van der Waals surface area (Å²) in [6.45, 7) is 2.79. The molecule has 1 aliphatic rings. The van der Waals surface area contributed by atoms with E-state index >= 15 is 0 Å². The van der Waals surface area contributed by atoms with Gasteiger partial charge in [-0.3, -0.25) is 14.4 Å². The van der Waals surface area contributed by atoms with Gasteiger partial charge in [0.2, 0.25) is 11.8 Å². The quantitative estimate of drug-likeness (QED) is 0.355. The zero-order valence-electron chi connectivity index (χ0n) is 19.6. The molecule has 3 unspecified atom stereocenters. The maximum Gasteiger partial charge on any atom is 0.305 e. The maximum absolute atomic E-state index is 13.1. The Labute approximate surface area is 223 Å². The van der Waals surface area contributed by atoms with E-state index in [0.29, 0.717) is 35.1 Å². The molecule has 2 heterocycles. The minimum Gasteiger partial charge on any atom is -0.481 e. The summed E-state index contributed by atoms with van der Waals surface area (Å²) in [5.41, 5.74) is 1.42. The fraction of sp³-hybridized carbons (Fsp3) is 0.296. The molecule has 1 aliphatic heterocycles. The largest absolute Gasteiger partial charge is 0.481 e. The second-order valence-corrected chi connectivity index (χ2v) is 10.7. The van der Waals surface area contributed by atoms with Gasteiger partial charge < -0.3 is 15.3 Å². The third kappa shape index (κ3) is 5.91. The second kappa shape index (κ2) is 11.5. The summed E-state index contributed by atoms with van der Waals surface area (Å²) in [7, 11) is 0. The lowest BCUT2D eigenvalue weighted by Crippen LogP contribution is -2.47. The van der Waals surface area contributed by atoms with Gasteiger partial charge in [0.1, 0.15) is 0 Å². The third-order valence-electron chi connectivity index (χ3n) is 6.51. The molecule has 2 aromatic carbocycles. The molecule has 3 aromatic rings. The number of carboxylic acid groups (broad SMARTS) is 1. The van der Waals surface area contributed by atoms with E-state index in [1.54, 1.807) is 23.1 Å². The number of benzene rings is 2. The molecule has 36 heavy (non-hydrogen) atoms. The third-order valence-corrected chi connectivity index (χ3v) is 8.45. The molecule has 1 saturated heterocycles. The van der Waals surface area contributed by atoms with Crippen LogP contribution in [0.3, 0.4) is 0 Å². The van der Waals surface area contributed by atoms with Crippen molar-refractivity contribution < 1.29 is 19.5 Å². The molecule has 4 rings (SSSR count). The van der Waals surface area contributed by atoms with E-state index in [1.807, 2.05) is 42.6 Å². The molecule has 3 atom stereocenters. The van der Waals surface area contributed by atoms with Crippen LogP contribution >= 0.6 is 34.5 Å². The normalized spacial score (nSPS) is 18.9. The van der Waals surface area contributed by atoms with Gasteiger partial charge in [-0.2, -0.15) is 0 Å². The SMILES string of the molecule is CC1CN(C(=O)C=Cc2cc3ccsc3c(Cl)c2Cl)CCC1C(=O)NC(CC(=O)O)c1ccccc1. The van der Waals surface area contributed by atoms with Crippen LogP contribution in [-0.4, -0.2) is 40.9 Å². The Kier molecular flexibility index (Phi) is 8.34. The van der Waals surface area contributed by atoms with Crippen LogP contribution in [0.15, 0.2) is 53.9 Å². The Morgan fingerprint density at radius 3 is 2.64 bits per heavy atom. The van der Waals surface area contributed by atoms with E-state index in [-0.39, 0.29) is 30.1 Å². The van der Waals surface area contributed by atoms with E-state index in [2.05, 4.69) is 5.32 Å². The molecular formula is C27H26Cl2N2O4S. The first kappa shape index (κ1) is 26.2. The topological polar surface area (TPSA) is 86.7 Å². The second-order valence-electron chi connectivity index (χ2n) is 8.99. The van der Waals surface area contributed by atoms with Crippen molar-refractivity contribution in [1.29, 1.82) is 0 Å². The fourth-order valence-corrected chi connectivity index (χ4v) is 6.02. The summed E-state index contributed by atoms with van der Waals surface area (Å²) in [5, 5.41) is 16.0. The van der Waals surface area contributed by atoms with Gasteiger partial charge in [-0.05, 0) is 52.4 Å². The van der Waals surface area contributed by atoms with Gasteiger partial charge >= 0.3 is 5.97 Å². The highest BCUT2D eigenvalue weighted by molar-refractivity contribution is 7.18. The molecule has 2 amide bonds. The Hall–Kier alpha value is -2.87. The first-order valence-electron chi connectivity index (χ1n) is 11.6. The van der Waals surface area contributed by atoms with Crippen molar-refractivity contribution in [3.63, 3.8) is 0 Å². The van der Waals surface area contributed by atoms with E-state index in [4.69, 9.17) is 23.2 Å². The van der Waals surface area contributed by atoms with Crippen LogP contribution in [0.2, 0.25) is 10.0 Å². The number of likely N-dealkylation sites (tertiary alicyclic amines) is 1. The molecule has 0 saturated carbocycles. The van der Waals surface area contributed by atoms with Crippen molar-refractivity contribution >= 4 is 68.5 Å². The Balaban J connectivity index is 1.39. The smallest absolute Gasteiger partial charge is 0.305 e. The number of carbonyl (C=O) groups excluding carboxylic acids is 2. The molecule has 188 valence electrons. The van der Waals surface area contributed by atoms with Crippen molar-refractivity contribution in [3.05, 3.63) is 75.1 Å². The zero-order chi connectivity index (χ0) is 25.8. The molecule has 0 aliphatic carbocycles. The highest BCUT2D eigenvalue weighted by Gasteiger charge is 2.34. The molecule has 0 spiro atoms. The highest BCUT2D eigenvalue weighted by atomic mass is 35.5. The van der Waals surface area contributed by atoms with E-state index < -0.39 is 12.0 Å². The molecule has 0 bridgehead atoms. The summed E-state index contributed by atoms with van der Waals surface area (Å²) >= 11 is 14.3. The average molecular weight is 545 g/mol. The van der Waals surface area contributed by atoms with Crippen molar-refractivity contribution in [1.82, 2.24) is 10.2 Å². The number of nitrogens with one attached hydrogen (secondary N) is 1. The number of hydrogen-bond acceptors (Lipinski definition) is 4. The lowest BCUT2D eigenvalue weighted by Gasteiger charge is -2.36. The molecule has 2 N–H and O–H groups in total. The van der Waals surface area contributed by atoms with Crippen molar-refractivity contribution in [2.45, 2.75) is 25.8 Å². The monoisotopic (exact) mass is 544 g/mol. The zero-order valence-corrected chi connectivity index (χ0v) is 21.9. The number of piperidine rings is 1. The number of fused-ring (bicyclic) bond motifs is 1. The molecule has 6 nitrogen and oxygen atoms in total. The molecule has 1 fully saturated rings. The van der Waals surface area contributed by atoms with Gasteiger partial charge in [0.25, 0.3) is 0 Å². The van der Waals surface area contributed by atoms with Gasteiger partial charge in [0.05, 0.1) is 27.2 Å². The van der Waals surface area contributed by atoms with E-state index in [9.17, 15) is 19.5 Å². The van der Waals surface area contributed by atoms with Crippen LogP contribution in [0, 0.1) is 11.8 Å². The van der Waals surface area contributed by atoms with E-state index in [0.717, 1.165) is 15.6 Å². The van der Waals surface area contributed by atoms with Gasteiger partial charge in [0, 0.05) is 25.1 Å². The number of aliphatic carboxylic acids is 1. The Morgan fingerprint density at radius 2 is 1.94 bits per heavy atom. The van der Waals surface area contributed by atoms with Crippen molar-refractivity contribution in [2.75, 3.05) is 13.1 Å². The summed E-state index contributed by atoms with van der Waals surface area (Å²) in [5.74, 6) is -1.73. The van der Waals surface area contributed by atoms with Crippen molar-refractivity contribution in [2.24, 2.45) is 11.8 Å². The van der Waals surface area contributed by atoms with Crippen molar-refractivity contribution in [3.8, 4) is 0 Å². The number of thiophene rings is 1. The van der Waals surface area contributed by atoms with Crippen LogP contribution in [-0.2, 0) is 14.4 Å². The average Bonchev–Trinajstić information content (AvgIpc) is 3.33. The molecule has 0 radical (unpaired) electrons. The van der Waals surface area contributed by atoms with Crippen LogP contribution in [0.1, 0.15) is 36.9 Å². The lowest BCUT2D eigenvalue weighted by atomic mass is 9.85. The summed E-state index contributed by atoms with van der Waals surface area (Å²) in [4.78, 5) is 39.0. The number of carbonyl (C=O) groups is 3. The minimum absolute atomic E-state index is 0.0856. The predicted octanol–water partition coefficient (Wildman–Crippen LogP) is 6.04. The highest BCUT2D eigenvalue weighted by Crippen LogP contribution is 2.37. The standard InChI is InChI=1S/C27H26Cl2N2O4S/c1-16-15-31(22(32)8-7-18-13-19-10-12-36-26(19)25(29)24(18)28)11-9-20(16)27(35)30-21(14-23(33)34)17-5-3-2-4-6-17/h2-8,10,12-13,16,20-21H,9,11,14-15H2,1H3,(H,30,35)(H,33,34). The lowest BCUT2D eigenvalue weighted by molar-refractivity contribution is -0.139. The van der Waals surface area contributed by atoms with Gasteiger partial charge in [-0.15, -0.1) is 11.3 Å². The molecular weight excluding hydrogens is 519 g/mol. The fourth-order valence-electron chi connectivity index (χ4n) is 4.58. The Morgan fingerprint density at radius 1 is 1.19 bits per heavy atom. The summed E-state index contributed by atoms with van der Waals surface area (Å²) in [6, 6.07) is 12.3. The number of amides is 2. The molecule has 1 aromatic heterocycles. The van der Waals surface area contributed by atoms with Crippen LogP contribution in [0.4, 0.5) is 0 Å². The van der Waals surface area contributed by atoms with Crippen LogP contribution in [0.25, 0.3) is 16.2 Å².